The van der Waals surface area contributed by atoms with Gasteiger partial charge in [0.05, 0.1) is 28.7 Å². The molecule has 3 aromatic carbocycles. The van der Waals surface area contributed by atoms with Crippen LogP contribution in [0, 0.1) is 10.1 Å². The van der Waals surface area contributed by atoms with Crippen molar-refractivity contribution in [3.8, 4) is 5.75 Å². The lowest BCUT2D eigenvalue weighted by Crippen LogP contribution is -2.55. The van der Waals surface area contributed by atoms with E-state index in [1.807, 2.05) is 56.3 Å². The van der Waals surface area contributed by atoms with Crippen LogP contribution in [0.15, 0.2) is 77.8 Å². The third-order valence-electron chi connectivity index (χ3n) is 6.71. The molecule has 5 rings (SSSR count). The number of hydrogen-bond donors (Lipinski definition) is 1. The van der Waals surface area contributed by atoms with E-state index in [9.17, 15) is 19.7 Å². The van der Waals surface area contributed by atoms with Crippen molar-refractivity contribution in [3.63, 3.8) is 0 Å². The minimum Gasteiger partial charge on any atom is -0.490 e. The van der Waals surface area contributed by atoms with Gasteiger partial charge in [0.15, 0.2) is 0 Å². The Morgan fingerprint density at radius 3 is 2.48 bits per heavy atom. The number of amides is 3. The van der Waals surface area contributed by atoms with Gasteiger partial charge in [0.2, 0.25) is 5.91 Å². The number of piperazine rings is 1. The van der Waals surface area contributed by atoms with Crippen molar-refractivity contribution < 1.29 is 19.2 Å². The van der Waals surface area contributed by atoms with Crippen LogP contribution in [0.1, 0.15) is 42.6 Å². The van der Waals surface area contributed by atoms with Crippen LogP contribution in [0.3, 0.4) is 0 Å². The fourth-order valence-corrected chi connectivity index (χ4v) is 5.09. The van der Waals surface area contributed by atoms with Crippen LogP contribution in [0.2, 0.25) is 5.02 Å². The first-order valence-corrected chi connectivity index (χ1v) is 13.3. The van der Waals surface area contributed by atoms with Crippen LogP contribution in [0.5, 0.6) is 5.75 Å². The Kier molecular flexibility index (Phi) is 7.70. The summed E-state index contributed by atoms with van der Waals surface area (Å²) < 4.78 is 6.02. The summed E-state index contributed by atoms with van der Waals surface area (Å²) in [6, 6.07) is 19.6. The van der Waals surface area contributed by atoms with Gasteiger partial charge < -0.3 is 15.0 Å². The molecule has 3 aromatic rings. The number of nitrogens with zero attached hydrogens (tertiary/aromatic N) is 4. The van der Waals surface area contributed by atoms with E-state index >= 15 is 0 Å². The van der Waals surface area contributed by atoms with E-state index < -0.39 is 23.0 Å². The minimum absolute atomic E-state index is 0.0919. The molecule has 0 saturated carbocycles. The molecule has 1 saturated heterocycles. The summed E-state index contributed by atoms with van der Waals surface area (Å²) >= 11 is 6.18. The smallest absolute Gasteiger partial charge is 0.326 e. The van der Waals surface area contributed by atoms with Crippen LogP contribution in [0.4, 0.5) is 10.5 Å². The van der Waals surface area contributed by atoms with Crippen molar-refractivity contribution in [2.24, 2.45) is 4.99 Å². The fraction of sp³-hybridized carbons (Fsp3) is 0.276. The molecule has 0 aromatic heterocycles. The quantitative estimate of drug-likeness (QED) is 0.330. The summed E-state index contributed by atoms with van der Waals surface area (Å²) in [6.45, 7) is 4.21. The van der Waals surface area contributed by atoms with Crippen molar-refractivity contribution in [2.45, 2.75) is 32.0 Å². The van der Waals surface area contributed by atoms with Crippen LogP contribution in [0.25, 0.3) is 0 Å². The zero-order valence-electron chi connectivity index (χ0n) is 22.0. The van der Waals surface area contributed by atoms with E-state index in [4.69, 9.17) is 21.3 Å². The Morgan fingerprint density at radius 2 is 1.82 bits per heavy atom. The van der Waals surface area contributed by atoms with E-state index in [0.29, 0.717) is 29.5 Å². The fourth-order valence-electron chi connectivity index (χ4n) is 4.96. The molecular formula is C29H28ClN5O5. The van der Waals surface area contributed by atoms with E-state index in [1.165, 1.54) is 17.0 Å². The van der Waals surface area contributed by atoms with E-state index in [1.54, 1.807) is 23.1 Å². The second-order valence-electron chi connectivity index (χ2n) is 9.83. The lowest BCUT2D eigenvalue weighted by molar-refractivity contribution is -0.384. The van der Waals surface area contributed by atoms with E-state index in [2.05, 4.69) is 5.32 Å². The van der Waals surface area contributed by atoms with Gasteiger partial charge in [-0.05, 0) is 43.2 Å². The maximum atomic E-state index is 14.3. The van der Waals surface area contributed by atoms with Crippen molar-refractivity contribution in [1.82, 2.24) is 15.1 Å². The molecule has 1 N–H and O–H groups in total. The molecule has 10 nitrogen and oxygen atoms in total. The first-order valence-electron chi connectivity index (χ1n) is 12.9. The van der Waals surface area contributed by atoms with Crippen molar-refractivity contribution in [1.29, 1.82) is 0 Å². The van der Waals surface area contributed by atoms with Crippen molar-refractivity contribution in [3.05, 3.63) is 105 Å². The summed E-state index contributed by atoms with van der Waals surface area (Å²) in [6.07, 6.45) is -0.297. The minimum atomic E-state index is -0.572. The van der Waals surface area contributed by atoms with Gasteiger partial charge in [-0.15, -0.1) is 0 Å². The summed E-state index contributed by atoms with van der Waals surface area (Å²) in [5, 5.41) is 14.9. The normalized spacial score (nSPS) is 18.9. The molecular weight excluding hydrogens is 534 g/mol. The number of carbonyl (C=O) groups excluding carboxylic acids is 2. The molecule has 2 atom stereocenters. The van der Waals surface area contributed by atoms with Gasteiger partial charge in [0.1, 0.15) is 24.2 Å². The van der Waals surface area contributed by atoms with Crippen molar-refractivity contribution >= 4 is 35.1 Å². The molecule has 2 heterocycles. The molecule has 0 unspecified atom stereocenters. The number of urea groups is 1. The van der Waals surface area contributed by atoms with Crippen LogP contribution in [-0.2, 0) is 4.79 Å². The molecule has 206 valence electrons. The zero-order valence-corrected chi connectivity index (χ0v) is 22.7. The Labute approximate surface area is 236 Å². The summed E-state index contributed by atoms with van der Waals surface area (Å²) in [7, 11) is 0. The number of rotatable bonds is 6. The third kappa shape index (κ3) is 5.48. The molecule has 1 fully saturated rings. The number of nitrogens with one attached hydrogen (secondary N) is 1. The summed E-state index contributed by atoms with van der Waals surface area (Å²) in [5.74, 6) is 0.290. The topological polar surface area (TPSA) is 117 Å². The molecule has 40 heavy (non-hydrogen) atoms. The van der Waals surface area contributed by atoms with Gasteiger partial charge in [-0.3, -0.25) is 24.8 Å². The third-order valence-corrected chi connectivity index (χ3v) is 6.97. The largest absolute Gasteiger partial charge is 0.490 e. The number of ether oxygens (including phenoxy) is 1. The predicted octanol–water partition coefficient (Wildman–Crippen LogP) is 5.13. The zero-order chi connectivity index (χ0) is 28.4. The van der Waals surface area contributed by atoms with Gasteiger partial charge in [0, 0.05) is 24.2 Å². The Balaban J connectivity index is 1.71. The van der Waals surface area contributed by atoms with Gasteiger partial charge in [-0.1, -0.05) is 54.1 Å². The average molecular weight is 562 g/mol. The first-order chi connectivity index (χ1) is 19.2. The molecule has 11 heteroatoms. The Morgan fingerprint density at radius 1 is 1.10 bits per heavy atom. The SMILES string of the molecule is CC(C)Oc1cc([N+](=O)[O-])ccc1C1=N[C@@H](c2ccc(Cl)cc2)[C@@H](c2ccccc2)N1C(=O)N1CCNC(=O)C1. The van der Waals surface area contributed by atoms with E-state index in [-0.39, 0.29) is 30.0 Å². The van der Waals surface area contributed by atoms with E-state index in [0.717, 1.165) is 11.1 Å². The van der Waals surface area contributed by atoms with Crippen molar-refractivity contribution in [2.75, 3.05) is 19.6 Å². The molecule has 0 bridgehead atoms. The second-order valence-corrected chi connectivity index (χ2v) is 10.3. The Bertz CT molecular complexity index is 1460. The lowest BCUT2D eigenvalue weighted by atomic mass is 9.93. The van der Waals surface area contributed by atoms with Gasteiger partial charge in [-0.25, -0.2) is 4.79 Å². The average Bonchev–Trinajstić information content (AvgIpc) is 3.33. The number of carbonyl (C=O) groups is 2. The second kappa shape index (κ2) is 11.4. The highest BCUT2D eigenvalue weighted by Gasteiger charge is 2.45. The number of hydrogen-bond acceptors (Lipinski definition) is 6. The lowest BCUT2D eigenvalue weighted by Gasteiger charge is -2.35. The molecule has 2 aliphatic heterocycles. The number of benzene rings is 3. The first kappa shape index (κ1) is 27.1. The standard InChI is InChI=1S/C29H28ClN5O5/c1-18(2)40-24-16-22(35(38)39)12-13-23(24)28-32-26(19-8-10-21(30)11-9-19)27(20-6-4-3-5-7-20)34(28)29(37)33-15-14-31-25(36)17-33/h3-13,16,18,26-27H,14-15,17H2,1-2H3,(H,31,36)/t26-,27+/m0/s1. The highest BCUT2D eigenvalue weighted by atomic mass is 35.5. The number of halogens is 1. The maximum absolute atomic E-state index is 14.3. The predicted molar refractivity (Wildman–Crippen MR) is 151 cm³/mol. The van der Waals surface area contributed by atoms with Crippen LogP contribution < -0.4 is 10.1 Å². The molecule has 3 amide bonds. The maximum Gasteiger partial charge on any atom is 0.326 e. The van der Waals surface area contributed by atoms with Gasteiger partial charge in [-0.2, -0.15) is 0 Å². The molecule has 0 radical (unpaired) electrons. The monoisotopic (exact) mass is 561 g/mol. The summed E-state index contributed by atoms with van der Waals surface area (Å²) in [4.78, 5) is 45.8. The van der Waals surface area contributed by atoms with Crippen LogP contribution in [-0.4, -0.2) is 58.2 Å². The summed E-state index contributed by atoms with van der Waals surface area (Å²) in [5.41, 5.74) is 1.96. The van der Waals surface area contributed by atoms with Crippen LogP contribution >= 0.6 is 11.6 Å². The number of non-ortho nitro benzene ring substituents is 1. The highest BCUT2D eigenvalue weighted by molar-refractivity contribution is 6.30. The van der Waals surface area contributed by atoms with Gasteiger partial charge in [0.25, 0.3) is 5.69 Å². The number of amidine groups is 1. The molecule has 0 spiro atoms. The Hall–Kier alpha value is -4.44. The number of aliphatic imine (C=N–C) groups is 1. The molecule has 0 aliphatic carbocycles. The number of nitro benzene ring substituents is 1. The number of nitro groups is 1. The van der Waals surface area contributed by atoms with Gasteiger partial charge >= 0.3 is 6.03 Å². The molecule has 2 aliphatic rings. The highest BCUT2D eigenvalue weighted by Crippen LogP contribution is 2.45.